The number of aliphatic hydroxyl groups excluding tert-OH is 1. The molecule has 0 amide bonds. The van der Waals surface area contributed by atoms with Crippen molar-refractivity contribution in [1.29, 1.82) is 0 Å². The third kappa shape index (κ3) is 2.51. The summed E-state index contributed by atoms with van der Waals surface area (Å²) in [6.07, 6.45) is 0. The Bertz CT molecular complexity index is 813. The summed E-state index contributed by atoms with van der Waals surface area (Å²) < 4.78 is 1.15. The van der Waals surface area contributed by atoms with Gasteiger partial charge in [0.25, 0.3) is 5.56 Å². The van der Waals surface area contributed by atoms with Crippen molar-refractivity contribution in [2.24, 2.45) is 0 Å². The van der Waals surface area contributed by atoms with Gasteiger partial charge in [-0.25, -0.2) is 4.98 Å². The highest BCUT2D eigenvalue weighted by Crippen LogP contribution is 2.17. The molecule has 0 saturated carbocycles. The molecule has 3 rings (SSSR count). The molecule has 0 spiro atoms. The minimum atomic E-state index is -0.284. The molecular weight excluding hydrogens is 268 g/mol. The fourth-order valence-corrected chi connectivity index (χ4v) is 2.14. The molecule has 5 nitrogen and oxygen atoms in total. The van der Waals surface area contributed by atoms with Gasteiger partial charge in [0.1, 0.15) is 6.61 Å². The first-order valence-electron chi connectivity index (χ1n) is 6.62. The fraction of sp³-hybridized carbons (Fsp3) is 0.125. The molecule has 0 fully saturated rings. The van der Waals surface area contributed by atoms with Gasteiger partial charge in [-0.3, -0.25) is 4.79 Å². The van der Waals surface area contributed by atoms with Gasteiger partial charge < -0.3 is 9.94 Å². The summed E-state index contributed by atoms with van der Waals surface area (Å²) in [7, 11) is 0. The van der Waals surface area contributed by atoms with Gasteiger partial charge >= 0.3 is 0 Å². The normalized spacial score (nSPS) is 10.7. The first-order valence-corrected chi connectivity index (χ1v) is 6.62. The molecule has 106 valence electrons. The Morgan fingerprint density at radius 3 is 2.52 bits per heavy atom. The Morgan fingerprint density at radius 1 is 1.05 bits per heavy atom. The fourth-order valence-electron chi connectivity index (χ4n) is 2.14. The molecule has 0 atom stereocenters. The van der Waals surface area contributed by atoms with Gasteiger partial charge in [0.05, 0.1) is 17.5 Å². The average Bonchev–Trinajstić information content (AvgIpc) is 2.55. The molecule has 3 aromatic rings. The minimum absolute atomic E-state index is 0.0275. The number of rotatable bonds is 4. The Morgan fingerprint density at radius 2 is 1.76 bits per heavy atom. The van der Waals surface area contributed by atoms with E-state index in [1.165, 1.54) is 0 Å². The van der Waals surface area contributed by atoms with Crippen LogP contribution in [0.4, 0.5) is 0 Å². The van der Waals surface area contributed by atoms with Crippen LogP contribution in [0.1, 0.15) is 0 Å². The molecule has 5 heteroatoms. The molecule has 1 N–H and O–H groups in total. The largest absolute Gasteiger partial charge is 0.406 e. The highest BCUT2D eigenvalue weighted by molar-refractivity contribution is 5.79. The van der Waals surface area contributed by atoms with Crippen molar-refractivity contribution in [1.82, 2.24) is 9.71 Å². The molecule has 21 heavy (non-hydrogen) atoms. The van der Waals surface area contributed by atoms with Crippen molar-refractivity contribution in [2.45, 2.75) is 0 Å². The third-order valence-electron chi connectivity index (χ3n) is 3.08. The number of hydrogen-bond acceptors (Lipinski definition) is 4. The van der Waals surface area contributed by atoms with Crippen molar-refractivity contribution in [3.05, 3.63) is 65.0 Å². The predicted octanol–water partition coefficient (Wildman–Crippen LogP) is 1.48. The highest BCUT2D eigenvalue weighted by atomic mass is 16.7. The van der Waals surface area contributed by atoms with Crippen LogP contribution in [0.2, 0.25) is 0 Å². The second-order valence-electron chi connectivity index (χ2n) is 4.47. The molecule has 2 aromatic carbocycles. The van der Waals surface area contributed by atoms with E-state index in [2.05, 4.69) is 4.98 Å². The van der Waals surface area contributed by atoms with Crippen LogP contribution in [0.3, 0.4) is 0 Å². The first-order chi connectivity index (χ1) is 10.3. The standard InChI is InChI=1S/C16H14N2O3/c19-10-11-21-18-15(12-6-2-1-3-7-12)17-14-9-5-4-8-13(14)16(18)20/h1-9,19H,10-11H2. The van der Waals surface area contributed by atoms with Crippen molar-refractivity contribution in [3.8, 4) is 11.4 Å². The Balaban J connectivity index is 2.28. The van der Waals surface area contributed by atoms with Crippen molar-refractivity contribution in [3.63, 3.8) is 0 Å². The number of aromatic nitrogens is 2. The predicted molar refractivity (Wildman–Crippen MR) is 80.0 cm³/mol. The summed E-state index contributed by atoms with van der Waals surface area (Å²) in [5, 5.41) is 9.41. The monoisotopic (exact) mass is 282 g/mol. The van der Waals surface area contributed by atoms with Crippen LogP contribution in [-0.4, -0.2) is 28.0 Å². The lowest BCUT2D eigenvalue weighted by molar-refractivity contribution is 0.0715. The van der Waals surface area contributed by atoms with Gasteiger partial charge in [0, 0.05) is 5.56 Å². The van der Waals surface area contributed by atoms with E-state index in [1.54, 1.807) is 18.2 Å². The number of para-hydroxylation sites is 1. The van der Waals surface area contributed by atoms with Crippen LogP contribution in [0.15, 0.2) is 59.4 Å². The van der Waals surface area contributed by atoms with Crippen LogP contribution in [0.5, 0.6) is 0 Å². The van der Waals surface area contributed by atoms with Gasteiger partial charge in [-0.05, 0) is 12.1 Å². The summed E-state index contributed by atoms with van der Waals surface area (Å²) >= 11 is 0. The van der Waals surface area contributed by atoms with E-state index in [0.29, 0.717) is 16.7 Å². The van der Waals surface area contributed by atoms with Crippen LogP contribution < -0.4 is 10.4 Å². The molecule has 0 bridgehead atoms. The van der Waals surface area contributed by atoms with Crippen LogP contribution >= 0.6 is 0 Å². The topological polar surface area (TPSA) is 64.4 Å². The molecule has 0 radical (unpaired) electrons. The van der Waals surface area contributed by atoms with E-state index in [4.69, 9.17) is 9.94 Å². The highest BCUT2D eigenvalue weighted by Gasteiger charge is 2.13. The average molecular weight is 282 g/mol. The van der Waals surface area contributed by atoms with Crippen molar-refractivity contribution < 1.29 is 9.94 Å². The summed E-state index contributed by atoms with van der Waals surface area (Å²) in [6.45, 7) is -0.146. The zero-order valence-corrected chi connectivity index (χ0v) is 11.3. The third-order valence-corrected chi connectivity index (χ3v) is 3.08. The summed E-state index contributed by atoms with van der Waals surface area (Å²) in [5.74, 6) is 0.424. The molecule has 0 aliphatic rings. The van der Waals surface area contributed by atoms with E-state index in [1.807, 2.05) is 36.4 Å². The number of fused-ring (bicyclic) bond motifs is 1. The Labute approximate surface area is 121 Å². The zero-order chi connectivity index (χ0) is 14.7. The van der Waals surface area contributed by atoms with Gasteiger partial charge in [0.15, 0.2) is 5.82 Å². The Hall–Kier alpha value is -2.66. The molecule has 0 saturated heterocycles. The molecule has 1 heterocycles. The van der Waals surface area contributed by atoms with Gasteiger partial charge in [-0.1, -0.05) is 42.5 Å². The summed E-state index contributed by atoms with van der Waals surface area (Å²) in [5.41, 5.74) is 1.11. The van der Waals surface area contributed by atoms with Crippen molar-refractivity contribution >= 4 is 10.9 Å². The van der Waals surface area contributed by atoms with E-state index >= 15 is 0 Å². The van der Waals surface area contributed by atoms with Crippen LogP contribution in [0, 0.1) is 0 Å². The molecule has 1 aromatic heterocycles. The van der Waals surface area contributed by atoms with E-state index in [-0.39, 0.29) is 18.8 Å². The molecular formula is C16H14N2O3. The minimum Gasteiger partial charge on any atom is -0.406 e. The molecule has 0 unspecified atom stereocenters. The quantitative estimate of drug-likeness (QED) is 0.787. The van der Waals surface area contributed by atoms with Crippen LogP contribution in [-0.2, 0) is 0 Å². The van der Waals surface area contributed by atoms with Crippen molar-refractivity contribution in [2.75, 3.05) is 13.2 Å². The lowest BCUT2D eigenvalue weighted by Crippen LogP contribution is -2.31. The van der Waals surface area contributed by atoms with E-state index in [9.17, 15) is 4.79 Å². The molecule has 0 aliphatic heterocycles. The summed E-state index contributed by atoms with van der Waals surface area (Å²) in [4.78, 5) is 22.4. The number of nitrogens with zero attached hydrogens (tertiary/aromatic N) is 2. The Kier molecular flexibility index (Phi) is 3.66. The maximum absolute atomic E-state index is 12.5. The SMILES string of the molecule is O=c1c2ccccc2nc(-c2ccccc2)n1OCCO. The first kappa shape index (κ1) is 13.3. The van der Waals surface area contributed by atoms with Crippen LogP contribution in [0.25, 0.3) is 22.3 Å². The van der Waals surface area contributed by atoms with Gasteiger partial charge in [-0.15, -0.1) is 4.73 Å². The second kappa shape index (κ2) is 5.76. The lowest BCUT2D eigenvalue weighted by Gasteiger charge is -2.13. The number of benzene rings is 2. The smallest absolute Gasteiger partial charge is 0.294 e. The maximum Gasteiger partial charge on any atom is 0.294 e. The van der Waals surface area contributed by atoms with Gasteiger partial charge in [-0.2, -0.15) is 0 Å². The molecule has 0 aliphatic carbocycles. The zero-order valence-electron chi connectivity index (χ0n) is 11.3. The maximum atomic E-state index is 12.5. The van der Waals surface area contributed by atoms with Gasteiger partial charge in [0.2, 0.25) is 0 Å². The summed E-state index contributed by atoms with van der Waals surface area (Å²) in [6, 6.07) is 16.5. The van der Waals surface area contributed by atoms with E-state index in [0.717, 1.165) is 10.3 Å². The number of hydrogen-bond donors (Lipinski definition) is 1. The lowest BCUT2D eigenvalue weighted by atomic mass is 10.2. The van der Waals surface area contributed by atoms with E-state index < -0.39 is 0 Å². The second-order valence-corrected chi connectivity index (χ2v) is 4.47. The number of aliphatic hydroxyl groups is 1.